The summed E-state index contributed by atoms with van der Waals surface area (Å²) in [4.78, 5) is 0. The summed E-state index contributed by atoms with van der Waals surface area (Å²) >= 11 is 5.77. The first-order valence-corrected chi connectivity index (χ1v) is 4.38. The maximum Gasteiger partial charge on any atom is 0.0995 e. The van der Waals surface area contributed by atoms with E-state index < -0.39 is 0 Å². The second-order valence-corrected chi connectivity index (χ2v) is 3.55. The summed E-state index contributed by atoms with van der Waals surface area (Å²) in [5.74, 6) is 0.622. The summed E-state index contributed by atoms with van der Waals surface area (Å²) < 4.78 is 0. The molecule has 1 nitrogen and oxygen atoms in total. The average molecular weight is 178 g/mol. The van der Waals surface area contributed by atoms with Gasteiger partial charge in [-0.2, -0.15) is 5.26 Å². The molecular weight excluding hydrogens is 170 g/mol. The summed E-state index contributed by atoms with van der Waals surface area (Å²) in [7, 11) is 0. The van der Waals surface area contributed by atoms with E-state index >= 15 is 0 Å². The van der Waals surface area contributed by atoms with E-state index in [1.807, 2.05) is 12.1 Å². The van der Waals surface area contributed by atoms with Crippen molar-refractivity contribution in [1.82, 2.24) is 0 Å². The molecule has 2 rings (SSSR count). The molecule has 1 fully saturated rings. The molecule has 0 radical (unpaired) electrons. The normalized spacial score (nSPS) is 15.7. The number of nitriles is 1. The first-order chi connectivity index (χ1) is 5.81. The standard InChI is InChI=1S/C10H8ClN/c11-9-3-4-10(7-1-2-7)8(5-9)6-12/h3-5,7H,1-2H2. The molecule has 0 bridgehead atoms. The summed E-state index contributed by atoms with van der Waals surface area (Å²) in [5.41, 5.74) is 1.91. The van der Waals surface area contributed by atoms with Crippen LogP contribution in [-0.2, 0) is 0 Å². The lowest BCUT2D eigenvalue weighted by molar-refractivity contribution is 1.12. The van der Waals surface area contributed by atoms with E-state index in [1.165, 1.54) is 18.4 Å². The Hall–Kier alpha value is -1.00. The molecule has 0 spiro atoms. The first kappa shape index (κ1) is 7.64. The van der Waals surface area contributed by atoms with Crippen LogP contribution in [-0.4, -0.2) is 0 Å². The van der Waals surface area contributed by atoms with Crippen LogP contribution in [0.5, 0.6) is 0 Å². The van der Waals surface area contributed by atoms with Gasteiger partial charge in [0.25, 0.3) is 0 Å². The Morgan fingerprint density at radius 1 is 1.42 bits per heavy atom. The fourth-order valence-corrected chi connectivity index (χ4v) is 1.55. The first-order valence-electron chi connectivity index (χ1n) is 4.01. The topological polar surface area (TPSA) is 23.8 Å². The van der Waals surface area contributed by atoms with Gasteiger partial charge < -0.3 is 0 Å². The average Bonchev–Trinajstić information content (AvgIpc) is 2.87. The molecule has 1 aromatic rings. The van der Waals surface area contributed by atoms with E-state index in [9.17, 15) is 0 Å². The zero-order valence-corrected chi connectivity index (χ0v) is 7.30. The van der Waals surface area contributed by atoms with E-state index in [4.69, 9.17) is 16.9 Å². The smallest absolute Gasteiger partial charge is 0.0995 e. The highest BCUT2D eigenvalue weighted by Gasteiger charge is 2.25. The molecule has 0 heterocycles. The van der Waals surface area contributed by atoms with Gasteiger partial charge in [0.2, 0.25) is 0 Å². The van der Waals surface area contributed by atoms with Crippen molar-refractivity contribution in [3.8, 4) is 6.07 Å². The van der Waals surface area contributed by atoms with Crippen LogP contribution in [0, 0.1) is 11.3 Å². The fraction of sp³-hybridized carbons (Fsp3) is 0.300. The molecule has 0 aliphatic heterocycles. The zero-order chi connectivity index (χ0) is 8.55. The quantitative estimate of drug-likeness (QED) is 0.647. The predicted octanol–water partition coefficient (Wildman–Crippen LogP) is 3.09. The van der Waals surface area contributed by atoms with Gasteiger partial charge in [0.15, 0.2) is 0 Å². The van der Waals surface area contributed by atoms with Gasteiger partial charge in [0.1, 0.15) is 0 Å². The van der Waals surface area contributed by atoms with Crippen LogP contribution < -0.4 is 0 Å². The molecule has 2 heteroatoms. The van der Waals surface area contributed by atoms with Crippen molar-refractivity contribution in [3.63, 3.8) is 0 Å². The molecule has 1 saturated carbocycles. The van der Waals surface area contributed by atoms with Crippen molar-refractivity contribution in [1.29, 1.82) is 5.26 Å². The van der Waals surface area contributed by atoms with Gasteiger partial charge in [-0.25, -0.2) is 0 Å². The fourth-order valence-electron chi connectivity index (χ4n) is 1.38. The highest BCUT2D eigenvalue weighted by Crippen LogP contribution is 2.41. The van der Waals surface area contributed by atoms with Crippen LogP contribution in [0.25, 0.3) is 0 Å². The lowest BCUT2D eigenvalue weighted by Crippen LogP contribution is -1.85. The van der Waals surface area contributed by atoms with Gasteiger partial charge in [-0.05, 0) is 36.5 Å². The molecular formula is C10H8ClN. The molecule has 1 aliphatic carbocycles. The Balaban J connectivity index is 2.47. The van der Waals surface area contributed by atoms with Crippen molar-refractivity contribution in [2.75, 3.05) is 0 Å². The van der Waals surface area contributed by atoms with Crippen molar-refractivity contribution >= 4 is 11.6 Å². The summed E-state index contributed by atoms with van der Waals surface area (Å²) in [5, 5.41) is 9.46. The number of hydrogen-bond donors (Lipinski definition) is 0. The maximum atomic E-state index is 8.81. The number of benzene rings is 1. The van der Waals surface area contributed by atoms with Gasteiger partial charge in [-0.15, -0.1) is 0 Å². The molecule has 0 aromatic heterocycles. The lowest BCUT2D eigenvalue weighted by Gasteiger charge is -2.00. The summed E-state index contributed by atoms with van der Waals surface area (Å²) in [6.45, 7) is 0. The maximum absolute atomic E-state index is 8.81. The van der Waals surface area contributed by atoms with Crippen LogP contribution in [0.15, 0.2) is 18.2 Å². The minimum atomic E-state index is 0.622. The van der Waals surface area contributed by atoms with Gasteiger partial charge in [-0.3, -0.25) is 0 Å². The molecule has 12 heavy (non-hydrogen) atoms. The Morgan fingerprint density at radius 3 is 2.75 bits per heavy atom. The van der Waals surface area contributed by atoms with Gasteiger partial charge >= 0.3 is 0 Å². The van der Waals surface area contributed by atoms with E-state index in [1.54, 1.807) is 6.07 Å². The molecule has 0 unspecified atom stereocenters. The number of halogens is 1. The summed E-state index contributed by atoms with van der Waals surface area (Å²) in [6.07, 6.45) is 2.44. The van der Waals surface area contributed by atoms with Crippen molar-refractivity contribution in [2.45, 2.75) is 18.8 Å². The van der Waals surface area contributed by atoms with E-state index in [2.05, 4.69) is 6.07 Å². The number of rotatable bonds is 1. The second-order valence-electron chi connectivity index (χ2n) is 3.12. The molecule has 0 amide bonds. The van der Waals surface area contributed by atoms with E-state index in [0.717, 1.165) is 5.56 Å². The lowest BCUT2D eigenvalue weighted by atomic mass is 10.0. The van der Waals surface area contributed by atoms with Crippen molar-refractivity contribution in [3.05, 3.63) is 34.3 Å². The zero-order valence-electron chi connectivity index (χ0n) is 6.55. The van der Waals surface area contributed by atoms with Gasteiger partial charge in [0, 0.05) is 5.02 Å². The van der Waals surface area contributed by atoms with Crippen molar-refractivity contribution < 1.29 is 0 Å². The Labute approximate surface area is 76.6 Å². The molecule has 1 aliphatic rings. The third-order valence-electron chi connectivity index (χ3n) is 2.15. The van der Waals surface area contributed by atoms with E-state index in [-0.39, 0.29) is 0 Å². The SMILES string of the molecule is N#Cc1cc(Cl)ccc1C1CC1. The van der Waals surface area contributed by atoms with Crippen LogP contribution in [0.4, 0.5) is 0 Å². The van der Waals surface area contributed by atoms with Gasteiger partial charge in [-0.1, -0.05) is 17.7 Å². The van der Waals surface area contributed by atoms with Gasteiger partial charge in [0.05, 0.1) is 11.6 Å². The molecule has 0 saturated heterocycles. The van der Waals surface area contributed by atoms with Crippen LogP contribution in [0.3, 0.4) is 0 Å². The van der Waals surface area contributed by atoms with Crippen LogP contribution >= 0.6 is 11.6 Å². The molecule has 0 atom stereocenters. The minimum Gasteiger partial charge on any atom is -0.192 e. The number of nitrogens with zero attached hydrogens (tertiary/aromatic N) is 1. The largest absolute Gasteiger partial charge is 0.192 e. The molecule has 60 valence electrons. The Morgan fingerprint density at radius 2 is 2.17 bits per heavy atom. The monoisotopic (exact) mass is 177 g/mol. The second kappa shape index (κ2) is 2.80. The Kier molecular flexibility index (Phi) is 1.78. The Bertz CT molecular complexity index is 347. The minimum absolute atomic E-state index is 0.622. The third kappa shape index (κ3) is 1.31. The number of hydrogen-bond acceptors (Lipinski definition) is 1. The van der Waals surface area contributed by atoms with Crippen molar-refractivity contribution in [2.24, 2.45) is 0 Å². The predicted molar refractivity (Wildman–Crippen MR) is 48.1 cm³/mol. The van der Waals surface area contributed by atoms with Crippen LogP contribution in [0.1, 0.15) is 29.9 Å². The highest BCUT2D eigenvalue weighted by molar-refractivity contribution is 6.30. The molecule has 1 aromatic carbocycles. The highest BCUT2D eigenvalue weighted by atomic mass is 35.5. The van der Waals surface area contributed by atoms with Crippen LogP contribution in [0.2, 0.25) is 5.02 Å². The summed E-state index contributed by atoms with van der Waals surface area (Å²) in [6, 6.07) is 7.75. The molecule has 0 N–H and O–H groups in total. The van der Waals surface area contributed by atoms with E-state index in [0.29, 0.717) is 10.9 Å². The third-order valence-corrected chi connectivity index (χ3v) is 2.39.